The van der Waals surface area contributed by atoms with Gasteiger partial charge in [0.25, 0.3) is 0 Å². The monoisotopic (exact) mass is 210 g/mol. The third-order valence-electron chi connectivity index (χ3n) is 1.77. The van der Waals surface area contributed by atoms with Gasteiger partial charge in [0.1, 0.15) is 0 Å². The van der Waals surface area contributed by atoms with Gasteiger partial charge in [0.15, 0.2) is 0 Å². The normalized spacial score (nSPS) is 18.4. The molecule has 1 rings (SSSR count). The molecule has 55 valence electrons. The minimum atomic E-state index is 0. The van der Waals surface area contributed by atoms with E-state index in [0.717, 1.165) is 12.8 Å². The first-order valence-corrected chi connectivity index (χ1v) is 3.31. The molecule has 10 heavy (non-hydrogen) atoms. The molecule has 0 aromatic rings. The molecule has 1 radical (unpaired) electrons. The third-order valence-corrected chi connectivity index (χ3v) is 1.77. The molecule has 0 aromatic carbocycles. The predicted octanol–water partition coefficient (Wildman–Crippen LogP) is -1.32. The van der Waals surface area contributed by atoms with Crippen molar-refractivity contribution in [3.8, 4) is 0 Å². The Balaban J connectivity index is 0. The summed E-state index contributed by atoms with van der Waals surface area (Å²) < 4.78 is 0. The van der Waals surface area contributed by atoms with E-state index in [1.54, 1.807) is 0 Å². The maximum atomic E-state index is 10.0. The summed E-state index contributed by atoms with van der Waals surface area (Å²) in [4.78, 5) is 10.0. The molecule has 0 aromatic heterocycles. The summed E-state index contributed by atoms with van der Waals surface area (Å²) in [5.74, 6) is 0.281. The standard InChI is InChI=1S/C7H11O.ClH.Zn/c8-6-7-4-2-1-3-5-7;;/h7H,1-5H2;1H;/p-1. The first kappa shape index (κ1) is 13.2. The number of halogens is 1. The molecule has 3 heteroatoms. The molecular formula is C7H11ClOZn-. The largest absolute Gasteiger partial charge is 1.00 e. The SMILES string of the molecule is O=[C]C1CCCCC1.[Cl-].[Zn]. The zero-order chi connectivity index (χ0) is 5.82. The van der Waals surface area contributed by atoms with Crippen molar-refractivity contribution in [2.75, 3.05) is 0 Å². The third kappa shape index (κ3) is 4.41. The van der Waals surface area contributed by atoms with Gasteiger partial charge in [0.05, 0.1) is 0 Å². The van der Waals surface area contributed by atoms with Crippen molar-refractivity contribution in [3.63, 3.8) is 0 Å². The van der Waals surface area contributed by atoms with Gasteiger partial charge in [-0.25, -0.2) is 0 Å². The zero-order valence-electron chi connectivity index (χ0n) is 6.11. The van der Waals surface area contributed by atoms with E-state index in [-0.39, 0.29) is 37.8 Å². The molecular weight excluding hydrogens is 201 g/mol. The number of hydrogen-bond acceptors (Lipinski definition) is 1. The van der Waals surface area contributed by atoms with E-state index in [1.165, 1.54) is 19.3 Å². The summed E-state index contributed by atoms with van der Waals surface area (Å²) in [5.41, 5.74) is 0. The number of carbonyl (C=O) groups excluding carboxylic acids is 1. The van der Waals surface area contributed by atoms with Crippen molar-refractivity contribution in [1.82, 2.24) is 0 Å². The first-order valence-electron chi connectivity index (χ1n) is 3.31. The maximum Gasteiger partial charge on any atom is 0.201 e. The van der Waals surface area contributed by atoms with Crippen molar-refractivity contribution in [2.45, 2.75) is 32.1 Å². The Kier molecular flexibility index (Phi) is 10.1. The van der Waals surface area contributed by atoms with Crippen molar-refractivity contribution in [1.29, 1.82) is 0 Å². The van der Waals surface area contributed by atoms with Crippen molar-refractivity contribution >= 4 is 6.29 Å². The Labute approximate surface area is 81.1 Å². The van der Waals surface area contributed by atoms with E-state index < -0.39 is 0 Å². The van der Waals surface area contributed by atoms with E-state index in [1.807, 2.05) is 0 Å². The van der Waals surface area contributed by atoms with Gasteiger partial charge in [-0.15, -0.1) is 0 Å². The van der Waals surface area contributed by atoms with Crippen LogP contribution in [0.4, 0.5) is 0 Å². The molecule has 1 fully saturated rings. The topological polar surface area (TPSA) is 17.1 Å². The van der Waals surface area contributed by atoms with E-state index in [9.17, 15) is 4.79 Å². The molecule has 1 nitrogen and oxygen atoms in total. The second-order valence-electron chi connectivity index (χ2n) is 2.45. The van der Waals surface area contributed by atoms with Crippen LogP contribution in [-0.2, 0) is 24.3 Å². The van der Waals surface area contributed by atoms with Gasteiger partial charge in [0.2, 0.25) is 6.29 Å². The maximum absolute atomic E-state index is 10.0. The van der Waals surface area contributed by atoms with Crippen LogP contribution in [0.5, 0.6) is 0 Å². The average Bonchev–Trinajstić information content (AvgIpc) is 1.90. The molecule has 1 aliphatic rings. The number of rotatable bonds is 1. The summed E-state index contributed by atoms with van der Waals surface area (Å²) in [6, 6.07) is 0. The summed E-state index contributed by atoms with van der Waals surface area (Å²) in [5, 5.41) is 0. The predicted molar refractivity (Wildman–Crippen MR) is 32.3 cm³/mol. The fourth-order valence-electron chi connectivity index (χ4n) is 1.22. The molecule has 0 bridgehead atoms. The average molecular weight is 212 g/mol. The van der Waals surface area contributed by atoms with E-state index in [4.69, 9.17) is 0 Å². The summed E-state index contributed by atoms with van der Waals surface area (Å²) in [7, 11) is 0. The minimum Gasteiger partial charge on any atom is -1.00 e. The Morgan fingerprint density at radius 2 is 1.60 bits per heavy atom. The van der Waals surface area contributed by atoms with Crippen LogP contribution in [0.1, 0.15) is 32.1 Å². The molecule has 0 unspecified atom stereocenters. The van der Waals surface area contributed by atoms with Crippen molar-refractivity contribution in [3.05, 3.63) is 0 Å². The van der Waals surface area contributed by atoms with Crippen LogP contribution in [-0.4, -0.2) is 6.29 Å². The second kappa shape index (κ2) is 7.69. The molecule has 0 heterocycles. The second-order valence-corrected chi connectivity index (χ2v) is 2.45. The fourth-order valence-corrected chi connectivity index (χ4v) is 1.22. The van der Waals surface area contributed by atoms with Gasteiger partial charge < -0.3 is 12.4 Å². The molecule has 0 saturated heterocycles. The van der Waals surface area contributed by atoms with E-state index in [0.29, 0.717) is 0 Å². The van der Waals surface area contributed by atoms with Crippen LogP contribution < -0.4 is 12.4 Å². The van der Waals surface area contributed by atoms with Crippen LogP contribution in [0.15, 0.2) is 0 Å². The molecule has 0 aliphatic heterocycles. The molecule has 0 atom stereocenters. The summed E-state index contributed by atoms with van der Waals surface area (Å²) in [6.07, 6.45) is 8.02. The van der Waals surface area contributed by atoms with E-state index in [2.05, 4.69) is 6.29 Å². The first-order chi connectivity index (χ1) is 3.93. The van der Waals surface area contributed by atoms with Gasteiger partial charge in [-0.2, -0.15) is 0 Å². The Bertz CT molecular complexity index is 81.7. The molecule has 1 saturated carbocycles. The van der Waals surface area contributed by atoms with Gasteiger partial charge in [-0.05, 0) is 12.8 Å². The van der Waals surface area contributed by atoms with E-state index >= 15 is 0 Å². The summed E-state index contributed by atoms with van der Waals surface area (Å²) in [6.45, 7) is 0. The van der Waals surface area contributed by atoms with Gasteiger partial charge in [-0.1, -0.05) is 19.3 Å². The molecule has 0 amide bonds. The van der Waals surface area contributed by atoms with Gasteiger partial charge >= 0.3 is 0 Å². The van der Waals surface area contributed by atoms with Crippen molar-refractivity contribution < 1.29 is 36.7 Å². The quantitative estimate of drug-likeness (QED) is 0.492. The fraction of sp³-hybridized carbons (Fsp3) is 0.857. The van der Waals surface area contributed by atoms with Crippen molar-refractivity contribution in [2.24, 2.45) is 5.92 Å². The summed E-state index contributed by atoms with van der Waals surface area (Å²) >= 11 is 0. The van der Waals surface area contributed by atoms with Gasteiger partial charge in [-0.3, -0.25) is 4.79 Å². The molecule has 0 N–H and O–H groups in total. The number of hydrogen-bond donors (Lipinski definition) is 0. The van der Waals surface area contributed by atoms with Crippen LogP contribution in [0.25, 0.3) is 0 Å². The van der Waals surface area contributed by atoms with Crippen LogP contribution in [0.2, 0.25) is 0 Å². The molecule has 1 aliphatic carbocycles. The Morgan fingerprint density at radius 1 is 1.10 bits per heavy atom. The smallest absolute Gasteiger partial charge is 0.201 e. The van der Waals surface area contributed by atoms with Crippen LogP contribution in [0.3, 0.4) is 0 Å². The minimum absolute atomic E-state index is 0. The van der Waals surface area contributed by atoms with Gasteiger partial charge in [0, 0.05) is 25.4 Å². The molecule has 0 spiro atoms. The van der Waals surface area contributed by atoms with Crippen LogP contribution in [0, 0.1) is 5.92 Å². The Hall–Kier alpha value is 0.583. The van der Waals surface area contributed by atoms with Crippen LogP contribution >= 0.6 is 0 Å². The zero-order valence-corrected chi connectivity index (χ0v) is 9.83. The Morgan fingerprint density at radius 3 is 1.90 bits per heavy atom.